The van der Waals surface area contributed by atoms with Crippen molar-refractivity contribution in [3.8, 4) is 0 Å². The molecule has 1 N–H and O–H groups in total. The topological polar surface area (TPSA) is 20.2 Å². The lowest BCUT2D eigenvalue weighted by atomic mass is 9.94. The van der Waals surface area contributed by atoms with E-state index in [0.717, 1.165) is 6.42 Å². The molecule has 0 rings (SSSR count). The molecule has 0 aromatic heterocycles. The minimum absolute atomic E-state index is 0.190. The van der Waals surface area contributed by atoms with Crippen molar-refractivity contribution in [1.82, 2.24) is 0 Å². The smallest absolute Gasteiger partial charge is 0.0597 e. The summed E-state index contributed by atoms with van der Waals surface area (Å²) in [4.78, 5) is 0. The van der Waals surface area contributed by atoms with E-state index in [0.29, 0.717) is 5.92 Å². The lowest BCUT2D eigenvalue weighted by Crippen LogP contribution is -2.17. The van der Waals surface area contributed by atoms with Crippen LogP contribution in [0.2, 0.25) is 0 Å². The molecule has 16 heavy (non-hydrogen) atoms. The Morgan fingerprint density at radius 2 is 1.50 bits per heavy atom. The highest BCUT2D eigenvalue weighted by atomic mass is 16.3. The van der Waals surface area contributed by atoms with Crippen molar-refractivity contribution < 1.29 is 5.11 Å². The van der Waals surface area contributed by atoms with Crippen LogP contribution in [0.15, 0.2) is 0 Å². The molecule has 0 spiro atoms. The van der Waals surface area contributed by atoms with E-state index in [9.17, 15) is 5.11 Å². The van der Waals surface area contributed by atoms with Crippen molar-refractivity contribution in [2.75, 3.05) is 0 Å². The molecular weight excluding hydrogens is 196 g/mol. The van der Waals surface area contributed by atoms with Gasteiger partial charge in [0.25, 0.3) is 0 Å². The molecule has 1 nitrogen and oxygen atoms in total. The monoisotopic (exact) mass is 227 g/mol. The summed E-state index contributed by atoms with van der Waals surface area (Å²) in [6.07, 6.45) is 13.5. The van der Waals surface area contributed by atoms with Gasteiger partial charge in [0, 0.05) is 0 Å². The van der Waals surface area contributed by atoms with Crippen LogP contribution in [-0.2, 0) is 0 Å². The molecule has 97 valence electrons. The van der Waals surface area contributed by atoms with Gasteiger partial charge in [0.2, 0.25) is 0 Å². The Balaban J connectivity index is 3.23. The maximum atomic E-state index is 9.73. The van der Waals surface area contributed by atoms with Gasteiger partial charge in [-0.3, -0.25) is 0 Å². The predicted octanol–water partition coefficient (Wildman–Crippen LogP) is 4.74. The summed E-state index contributed by atoms with van der Waals surface area (Å²) in [5, 5.41) is 9.73. The molecule has 1 unspecified atom stereocenters. The maximum absolute atomic E-state index is 9.73. The van der Waals surface area contributed by atoms with Crippen molar-refractivity contribution in [2.24, 2.45) is 5.92 Å². The Hall–Kier alpha value is -0.0400. The van der Waals surface area contributed by atoms with Gasteiger partial charge >= 0.3 is 0 Å². The van der Waals surface area contributed by atoms with E-state index in [1.165, 1.54) is 51.4 Å². The third-order valence-corrected chi connectivity index (χ3v) is 3.32. The minimum atomic E-state index is -0.190. The fourth-order valence-electron chi connectivity index (χ4n) is 2.07. The fourth-order valence-corrected chi connectivity index (χ4v) is 2.07. The number of aliphatic hydroxyl groups is 1. The molecule has 0 heterocycles. The molecule has 1 heteroatoms. The van der Waals surface area contributed by atoms with Gasteiger partial charge in [-0.15, -0.1) is 0 Å². The van der Waals surface area contributed by atoms with E-state index in [2.05, 4.69) is 20.8 Å². The first kappa shape index (κ1) is 16.0. The zero-order chi connectivity index (χ0) is 12.2. The minimum Gasteiger partial charge on any atom is -0.393 e. The number of rotatable bonds is 11. The van der Waals surface area contributed by atoms with Gasteiger partial charge in [-0.1, -0.05) is 72.1 Å². The van der Waals surface area contributed by atoms with Crippen molar-refractivity contribution in [2.45, 2.75) is 84.7 Å². The number of hydrogen-bond donors (Lipinski definition) is 1. The second-order valence-corrected chi connectivity index (χ2v) is 5.02. The first-order valence-corrected chi connectivity index (χ1v) is 7.23. The van der Waals surface area contributed by atoms with Gasteiger partial charge in [0.15, 0.2) is 0 Å². The molecule has 0 aromatic rings. The van der Waals surface area contributed by atoms with Crippen LogP contribution >= 0.6 is 0 Å². The third-order valence-electron chi connectivity index (χ3n) is 3.32. The SMILES string of the molecule is CC[CH][C@@H](O)C(C)CCCCCCCCC. The first-order valence-electron chi connectivity index (χ1n) is 7.23. The van der Waals surface area contributed by atoms with E-state index in [1.54, 1.807) is 0 Å². The highest BCUT2D eigenvalue weighted by Crippen LogP contribution is 2.17. The summed E-state index contributed by atoms with van der Waals surface area (Å²) in [5.41, 5.74) is 0. The summed E-state index contributed by atoms with van der Waals surface area (Å²) < 4.78 is 0. The molecule has 0 amide bonds. The largest absolute Gasteiger partial charge is 0.393 e. The fraction of sp³-hybridized carbons (Fsp3) is 0.933. The molecule has 0 aliphatic heterocycles. The Kier molecular flexibility index (Phi) is 11.4. The predicted molar refractivity (Wildman–Crippen MR) is 72.4 cm³/mol. The molecule has 1 radical (unpaired) electrons. The average molecular weight is 227 g/mol. The lowest BCUT2D eigenvalue weighted by Gasteiger charge is -2.17. The quantitative estimate of drug-likeness (QED) is 0.506. The highest BCUT2D eigenvalue weighted by molar-refractivity contribution is 4.78. The molecule has 0 fully saturated rings. The number of hydrogen-bond acceptors (Lipinski definition) is 1. The lowest BCUT2D eigenvalue weighted by molar-refractivity contribution is 0.137. The molecule has 0 saturated heterocycles. The molecule has 0 bridgehead atoms. The Morgan fingerprint density at radius 1 is 0.938 bits per heavy atom. The average Bonchev–Trinajstić information content (AvgIpc) is 2.28. The first-order chi connectivity index (χ1) is 7.72. The summed E-state index contributed by atoms with van der Waals surface area (Å²) in [6.45, 7) is 6.50. The van der Waals surface area contributed by atoms with Gasteiger partial charge < -0.3 is 5.11 Å². The van der Waals surface area contributed by atoms with Crippen molar-refractivity contribution >= 4 is 0 Å². The van der Waals surface area contributed by atoms with E-state index < -0.39 is 0 Å². The van der Waals surface area contributed by atoms with Gasteiger partial charge in [-0.25, -0.2) is 0 Å². The van der Waals surface area contributed by atoms with Crippen LogP contribution in [0.4, 0.5) is 0 Å². The van der Waals surface area contributed by atoms with E-state index in [1.807, 2.05) is 6.42 Å². The highest BCUT2D eigenvalue weighted by Gasteiger charge is 2.12. The van der Waals surface area contributed by atoms with Gasteiger partial charge in [-0.2, -0.15) is 0 Å². The van der Waals surface area contributed by atoms with Gasteiger partial charge in [-0.05, 0) is 18.8 Å². The van der Waals surface area contributed by atoms with Crippen molar-refractivity contribution in [3.05, 3.63) is 6.42 Å². The molecule has 0 aliphatic rings. The van der Waals surface area contributed by atoms with Crippen LogP contribution in [-0.4, -0.2) is 11.2 Å². The van der Waals surface area contributed by atoms with Crippen molar-refractivity contribution in [1.29, 1.82) is 0 Å². The Morgan fingerprint density at radius 3 is 2.06 bits per heavy atom. The van der Waals surface area contributed by atoms with Gasteiger partial charge in [0.05, 0.1) is 6.10 Å². The summed E-state index contributed by atoms with van der Waals surface area (Å²) >= 11 is 0. The second-order valence-electron chi connectivity index (χ2n) is 5.02. The van der Waals surface area contributed by atoms with Crippen LogP contribution in [0, 0.1) is 12.3 Å². The van der Waals surface area contributed by atoms with E-state index in [4.69, 9.17) is 0 Å². The standard InChI is InChI=1S/C15H31O/c1-4-6-7-8-9-10-11-13-14(3)15(16)12-5-2/h12,14-16H,4-11,13H2,1-3H3/t14?,15-/m1/s1. The molecule has 0 aliphatic carbocycles. The summed E-state index contributed by atoms with van der Waals surface area (Å²) in [6, 6.07) is 0. The second kappa shape index (κ2) is 11.4. The molecule has 0 saturated carbocycles. The van der Waals surface area contributed by atoms with Crippen LogP contribution in [0.25, 0.3) is 0 Å². The molecule has 0 aromatic carbocycles. The molecule has 2 atom stereocenters. The zero-order valence-electron chi connectivity index (χ0n) is 11.5. The third kappa shape index (κ3) is 9.21. The van der Waals surface area contributed by atoms with Crippen molar-refractivity contribution in [3.63, 3.8) is 0 Å². The number of aliphatic hydroxyl groups excluding tert-OH is 1. The Labute approximate surface area is 103 Å². The van der Waals surface area contributed by atoms with Crippen LogP contribution < -0.4 is 0 Å². The van der Waals surface area contributed by atoms with Crippen LogP contribution in [0.3, 0.4) is 0 Å². The summed E-state index contributed by atoms with van der Waals surface area (Å²) in [5.74, 6) is 0.440. The summed E-state index contributed by atoms with van der Waals surface area (Å²) in [7, 11) is 0. The van der Waals surface area contributed by atoms with E-state index >= 15 is 0 Å². The van der Waals surface area contributed by atoms with E-state index in [-0.39, 0.29) is 6.10 Å². The van der Waals surface area contributed by atoms with Crippen LogP contribution in [0.5, 0.6) is 0 Å². The maximum Gasteiger partial charge on any atom is 0.0597 e. The van der Waals surface area contributed by atoms with Gasteiger partial charge in [0.1, 0.15) is 0 Å². The number of unbranched alkanes of at least 4 members (excludes halogenated alkanes) is 6. The molecular formula is C15H31O. The van der Waals surface area contributed by atoms with Crippen LogP contribution in [0.1, 0.15) is 78.6 Å². The normalized spacial score (nSPS) is 15.0. The zero-order valence-corrected chi connectivity index (χ0v) is 11.5. The Bertz CT molecular complexity index is 133.